The molecular formula is C12H15NO4S. The number of hydrogen-bond donors (Lipinski definition) is 1. The van der Waals surface area contributed by atoms with E-state index in [0.29, 0.717) is 0 Å². The summed E-state index contributed by atoms with van der Waals surface area (Å²) in [6, 6.07) is 7.81. The molecule has 1 aromatic rings. The molecule has 0 bridgehead atoms. The highest BCUT2D eigenvalue weighted by Gasteiger charge is 2.25. The molecule has 0 fully saturated rings. The summed E-state index contributed by atoms with van der Waals surface area (Å²) in [4.78, 5) is 10.7. The van der Waals surface area contributed by atoms with Crippen LogP contribution in [-0.4, -0.2) is 36.9 Å². The molecule has 1 atom stereocenters. The summed E-state index contributed by atoms with van der Waals surface area (Å²) in [6.45, 7) is 1.32. The fraction of sp³-hybridized carbons (Fsp3) is 0.250. The Kier molecular flexibility index (Phi) is 4.63. The molecule has 18 heavy (non-hydrogen) atoms. The van der Waals surface area contributed by atoms with Crippen LogP contribution in [0.5, 0.6) is 0 Å². The predicted molar refractivity (Wildman–Crippen MR) is 69.3 cm³/mol. The maximum Gasteiger partial charge on any atom is 0.321 e. The molecule has 0 aromatic heterocycles. The van der Waals surface area contributed by atoms with Gasteiger partial charge in [0.1, 0.15) is 6.04 Å². The Hall–Kier alpha value is -1.66. The van der Waals surface area contributed by atoms with Crippen molar-refractivity contribution in [1.29, 1.82) is 0 Å². The van der Waals surface area contributed by atoms with Gasteiger partial charge in [0, 0.05) is 12.5 Å². The summed E-state index contributed by atoms with van der Waals surface area (Å²) in [7, 11) is -2.49. The van der Waals surface area contributed by atoms with Gasteiger partial charge in [0.15, 0.2) is 0 Å². The highest BCUT2D eigenvalue weighted by Crippen LogP contribution is 2.09. The van der Waals surface area contributed by atoms with Crippen LogP contribution in [0, 0.1) is 0 Å². The second-order valence-corrected chi connectivity index (χ2v) is 5.67. The van der Waals surface area contributed by atoms with E-state index in [1.54, 1.807) is 24.3 Å². The molecule has 98 valence electrons. The van der Waals surface area contributed by atoms with Gasteiger partial charge >= 0.3 is 5.97 Å². The molecule has 1 N–H and O–H groups in total. The van der Waals surface area contributed by atoms with E-state index in [4.69, 9.17) is 5.11 Å². The van der Waals surface area contributed by atoms with Crippen molar-refractivity contribution in [2.24, 2.45) is 0 Å². The first-order valence-electron chi connectivity index (χ1n) is 5.28. The van der Waals surface area contributed by atoms with Gasteiger partial charge < -0.3 is 5.11 Å². The molecule has 0 spiro atoms. The van der Waals surface area contributed by atoms with Crippen LogP contribution in [0.1, 0.15) is 12.5 Å². The number of nitrogens with zero attached hydrogens (tertiary/aromatic N) is 1. The Morgan fingerprint density at radius 1 is 1.33 bits per heavy atom. The van der Waals surface area contributed by atoms with Crippen molar-refractivity contribution in [3.8, 4) is 0 Å². The van der Waals surface area contributed by atoms with Crippen molar-refractivity contribution in [3.63, 3.8) is 0 Å². The lowest BCUT2D eigenvalue weighted by Crippen LogP contribution is -2.39. The minimum Gasteiger partial charge on any atom is -0.480 e. The lowest BCUT2D eigenvalue weighted by molar-refractivity contribution is -0.140. The fourth-order valence-electron chi connectivity index (χ4n) is 1.20. The monoisotopic (exact) mass is 269 g/mol. The highest BCUT2D eigenvalue weighted by atomic mass is 32.2. The second-order valence-electron chi connectivity index (χ2n) is 3.79. The largest absolute Gasteiger partial charge is 0.480 e. The summed E-state index contributed by atoms with van der Waals surface area (Å²) in [5.74, 6) is -1.19. The molecule has 0 aliphatic rings. The van der Waals surface area contributed by atoms with Gasteiger partial charge in [-0.2, -0.15) is 4.31 Å². The zero-order valence-corrected chi connectivity index (χ0v) is 11.0. The number of carboxylic acids is 1. The number of likely N-dealkylation sites (N-methyl/N-ethyl adjacent to an activating group) is 1. The first kappa shape index (κ1) is 14.4. The number of benzene rings is 1. The van der Waals surface area contributed by atoms with Crippen molar-refractivity contribution in [3.05, 3.63) is 41.3 Å². The number of aliphatic carboxylic acids is 1. The molecule has 0 aliphatic carbocycles. The molecular weight excluding hydrogens is 254 g/mol. The lowest BCUT2D eigenvalue weighted by atomic mass is 10.2. The quantitative estimate of drug-likeness (QED) is 0.876. The van der Waals surface area contributed by atoms with Crippen molar-refractivity contribution >= 4 is 22.1 Å². The van der Waals surface area contributed by atoms with Crippen LogP contribution >= 0.6 is 0 Å². The molecule has 0 saturated heterocycles. The van der Waals surface area contributed by atoms with Crippen LogP contribution in [0.3, 0.4) is 0 Å². The number of carboxylic acid groups (broad SMARTS) is 1. The predicted octanol–water partition coefficient (Wildman–Crippen LogP) is 1.39. The smallest absolute Gasteiger partial charge is 0.321 e. The number of carbonyl (C=O) groups is 1. The summed E-state index contributed by atoms with van der Waals surface area (Å²) < 4.78 is 24.5. The Labute approximate surface area is 106 Å². The Morgan fingerprint density at radius 3 is 2.39 bits per heavy atom. The summed E-state index contributed by atoms with van der Waals surface area (Å²) in [5.41, 5.74) is 0.734. The van der Waals surface area contributed by atoms with Gasteiger partial charge in [-0.3, -0.25) is 4.79 Å². The molecule has 0 saturated carbocycles. The molecule has 1 aromatic carbocycles. The highest BCUT2D eigenvalue weighted by molar-refractivity contribution is 7.92. The van der Waals surface area contributed by atoms with Gasteiger partial charge in [0.25, 0.3) is 0 Å². The fourth-order valence-corrected chi connectivity index (χ4v) is 2.25. The van der Waals surface area contributed by atoms with Crippen molar-refractivity contribution in [1.82, 2.24) is 4.31 Å². The van der Waals surface area contributed by atoms with E-state index in [9.17, 15) is 13.2 Å². The van der Waals surface area contributed by atoms with E-state index >= 15 is 0 Å². The Morgan fingerprint density at radius 2 is 1.89 bits per heavy atom. The Balaban J connectivity index is 2.89. The first-order chi connectivity index (χ1) is 8.34. The van der Waals surface area contributed by atoms with Crippen molar-refractivity contribution < 1.29 is 18.3 Å². The Bertz CT molecular complexity index is 536. The third kappa shape index (κ3) is 3.68. The van der Waals surface area contributed by atoms with E-state index in [2.05, 4.69) is 0 Å². The molecule has 1 unspecified atom stereocenters. The first-order valence-corrected chi connectivity index (χ1v) is 6.79. The maximum absolute atomic E-state index is 11.8. The van der Waals surface area contributed by atoms with Gasteiger partial charge in [0.05, 0.1) is 0 Å². The second kappa shape index (κ2) is 5.79. The van der Waals surface area contributed by atoms with E-state index < -0.39 is 22.0 Å². The summed E-state index contributed by atoms with van der Waals surface area (Å²) >= 11 is 0. The molecule has 1 rings (SSSR count). The molecule has 0 radical (unpaired) electrons. The van der Waals surface area contributed by atoms with Crippen LogP contribution in [-0.2, 0) is 14.8 Å². The molecule has 0 heterocycles. The summed E-state index contributed by atoms with van der Waals surface area (Å²) in [6.07, 6.45) is 1.43. The third-order valence-corrected chi connectivity index (χ3v) is 4.14. The molecule has 6 heteroatoms. The van der Waals surface area contributed by atoms with Crippen LogP contribution in [0.4, 0.5) is 0 Å². The summed E-state index contributed by atoms with van der Waals surface area (Å²) in [5, 5.41) is 9.77. The average molecular weight is 269 g/mol. The van der Waals surface area contributed by atoms with Crippen LogP contribution in [0.2, 0.25) is 0 Å². The molecule has 0 aliphatic heterocycles. The van der Waals surface area contributed by atoms with Gasteiger partial charge in [-0.1, -0.05) is 30.3 Å². The maximum atomic E-state index is 11.8. The van der Waals surface area contributed by atoms with Crippen LogP contribution in [0.15, 0.2) is 35.7 Å². The van der Waals surface area contributed by atoms with Crippen LogP contribution in [0.25, 0.3) is 6.08 Å². The lowest BCUT2D eigenvalue weighted by Gasteiger charge is -2.18. The van der Waals surface area contributed by atoms with Gasteiger partial charge in [-0.25, -0.2) is 8.42 Å². The number of rotatable bonds is 5. The number of sulfonamides is 1. The van der Waals surface area contributed by atoms with E-state index in [-0.39, 0.29) is 0 Å². The SMILES string of the molecule is CC(C(=O)O)N(C)S(=O)(=O)C=Cc1ccccc1. The average Bonchev–Trinajstić information content (AvgIpc) is 2.35. The van der Waals surface area contributed by atoms with Gasteiger partial charge in [0.2, 0.25) is 10.0 Å². The van der Waals surface area contributed by atoms with Gasteiger partial charge in [-0.15, -0.1) is 0 Å². The van der Waals surface area contributed by atoms with E-state index in [1.807, 2.05) is 6.07 Å². The van der Waals surface area contributed by atoms with E-state index in [1.165, 1.54) is 20.0 Å². The topological polar surface area (TPSA) is 74.7 Å². The third-order valence-electron chi connectivity index (χ3n) is 2.54. The minimum absolute atomic E-state index is 0.734. The standard InChI is InChI=1S/C12H15NO4S/c1-10(12(14)15)13(2)18(16,17)9-8-11-6-4-3-5-7-11/h3-10H,1-2H3,(H,14,15). The molecule has 5 nitrogen and oxygen atoms in total. The zero-order valence-electron chi connectivity index (χ0n) is 10.1. The number of hydrogen-bond acceptors (Lipinski definition) is 3. The van der Waals surface area contributed by atoms with Crippen molar-refractivity contribution in [2.75, 3.05) is 7.05 Å². The van der Waals surface area contributed by atoms with Gasteiger partial charge in [-0.05, 0) is 18.6 Å². The van der Waals surface area contributed by atoms with Crippen LogP contribution < -0.4 is 0 Å². The minimum atomic E-state index is -3.73. The zero-order chi connectivity index (χ0) is 13.8. The normalized spacial score (nSPS) is 13.9. The van der Waals surface area contributed by atoms with E-state index in [0.717, 1.165) is 15.3 Å². The van der Waals surface area contributed by atoms with Crippen molar-refractivity contribution in [2.45, 2.75) is 13.0 Å². The molecule has 0 amide bonds.